The molecule has 0 saturated carbocycles. The van der Waals surface area contributed by atoms with Gasteiger partial charge in [-0.3, -0.25) is 4.79 Å². The minimum atomic E-state index is -0.749. The van der Waals surface area contributed by atoms with Gasteiger partial charge >= 0.3 is 17.9 Å². The lowest BCUT2D eigenvalue weighted by molar-refractivity contribution is -0.119. The molecule has 0 aliphatic rings. The van der Waals surface area contributed by atoms with Gasteiger partial charge in [-0.25, -0.2) is 14.4 Å². The summed E-state index contributed by atoms with van der Waals surface area (Å²) in [5.74, 6) is -2.30. The van der Waals surface area contributed by atoms with E-state index in [0.717, 1.165) is 4.88 Å². The van der Waals surface area contributed by atoms with Crippen molar-refractivity contribution in [1.29, 1.82) is 0 Å². The molecule has 9 nitrogen and oxygen atoms in total. The number of aromatic nitrogens is 1. The maximum Gasteiger partial charge on any atom is 0.355 e. The Kier molecular flexibility index (Phi) is 8.59. The molecular formula is C22H28N2O7S. The fourth-order valence-corrected chi connectivity index (χ4v) is 4.04. The van der Waals surface area contributed by atoms with Crippen LogP contribution in [0.4, 0.5) is 5.00 Å². The van der Waals surface area contributed by atoms with Crippen LogP contribution in [0.25, 0.3) is 0 Å². The zero-order valence-corrected chi connectivity index (χ0v) is 19.9. The van der Waals surface area contributed by atoms with E-state index in [1.165, 1.54) is 11.3 Å². The molecule has 0 aliphatic heterocycles. The predicted octanol–water partition coefficient (Wildman–Crippen LogP) is 3.97. The number of carbonyl (C=O) groups excluding carboxylic acids is 4. The van der Waals surface area contributed by atoms with Gasteiger partial charge in [-0.05, 0) is 45.2 Å². The van der Waals surface area contributed by atoms with Gasteiger partial charge in [0, 0.05) is 10.6 Å². The summed E-state index contributed by atoms with van der Waals surface area (Å²) in [7, 11) is 0. The number of rotatable bonds is 9. The van der Waals surface area contributed by atoms with Crippen molar-refractivity contribution in [2.75, 3.05) is 25.1 Å². The van der Waals surface area contributed by atoms with Crippen molar-refractivity contribution >= 4 is 40.2 Å². The molecule has 32 heavy (non-hydrogen) atoms. The number of aromatic amines is 1. The maximum absolute atomic E-state index is 12.5. The summed E-state index contributed by atoms with van der Waals surface area (Å²) in [5, 5.41) is 2.96. The van der Waals surface area contributed by atoms with Crippen LogP contribution in [0.1, 0.15) is 81.0 Å². The van der Waals surface area contributed by atoms with Crippen LogP contribution >= 0.6 is 11.3 Å². The molecule has 2 N–H and O–H groups in total. The average Bonchev–Trinajstić information content (AvgIpc) is 3.27. The first-order valence-electron chi connectivity index (χ1n) is 10.2. The van der Waals surface area contributed by atoms with E-state index in [2.05, 4.69) is 10.3 Å². The fraction of sp³-hybridized carbons (Fsp3) is 0.455. The number of hydrogen-bond donors (Lipinski definition) is 2. The summed E-state index contributed by atoms with van der Waals surface area (Å²) in [4.78, 5) is 52.9. The van der Waals surface area contributed by atoms with E-state index in [0.29, 0.717) is 16.3 Å². The molecule has 0 radical (unpaired) electrons. The van der Waals surface area contributed by atoms with Crippen LogP contribution in [-0.2, 0) is 19.0 Å². The molecule has 10 heteroatoms. The van der Waals surface area contributed by atoms with Crippen molar-refractivity contribution in [2.24, 2.45) is 0 Å². The van der Waals surface area contributed by atoms with Crippen LogP contribution in [0.5, 0.6) is 0 Å². The number of carbonyl (C=O) groups is 4. The van der Waals surface area contributed by atoms with Gasteiger partial charge in [-0.2, -0.15) is 0 Å². The molecule has 0 atom stereocenters. The van der Waals surface area contributed by atoms with Gasteiger partial charge in [0.05, 0.1) is 24.3 Å². The third-order valence-electron chi connectivity index (χ3n) is 4.52. The Morgan fingerprint density at radius 2 is 1.62 bits per heavy atom. The highest BCUT2D eigenvalue weighted by Crippen LogP contribution is 2.33. The van der Waals surface area contributed by atoms with Crippen molar-refractivity contribution in [3.8, 4) is 0 Å². The summed E-state index contributed by atoms with van der Waals surface area (Å²) in [5.41, 5.74) is 1.42. The number of hydrogen-bond acceptors (Lipinski definition) is 8. The van der Waals surface area contributed by atoms with Crippen molar-refractivity contribution in [3.63, 3.8) is 0 Å². The predicted molar refractivity (Wildman–Crippen MR) is 119 cm³/mol. The Balaban J connectivity index is 2.10. The number of ether oxygens (including phenoxy) is 3. The molecule has 0 spiro atoms. The molecule has 2 heterocycles. The molecule has 174 valence electrons. The summed E-state index contributed by atoms with van der Waals surface area (Å²) in [6.07, 6.45) is 0. The van der Waals surface area contributed by atoms with Crippen molar-refractivity contribution in [1.82, 2.24) is 4.98 Å². The second kappa shape index (κ2) is 10.9. The highest BCUT2D eigenvalue weighted by Gasteiger charge is 2.25. The van der Waals surface area contributed by atoms with Gasteiger partial charge in [0.2, 0.25) is 0 Å². The summed E-state index contributed by atoms with van der Waals surface area (Å²) < 4.78 is 15.2. The van der Waals surface area contributed by atoms with E-state index in [-0.39, 0.29) is 36.0 Å². The molecule has 0 saturated heterocycles. The second-order valence-corrected chi connectivity index (χ2v) is 8.32. The third-order valence-corrected chi connectivity index (χ3v) is 5.88. The van der Waals surface area contributed by atoms with Crippen LogP contribution in [0.3, 0.4) is 0 Å². The summed E-state index contributed by atoms with van der Waals surface area (Å²) in [6.45, 7) is 10.4. The third kappa shape index (κ3) is 5.76. The van der Waals surface area contributed by atoms with E-state index in [1.807, 2.05) is 13.8 Å². The minimum absolute atomic E-state index is 0.157. The largest absolute Gasteiger partial charge is 0.462 e. The van der Waals surface area contributed by atoms with Gasteiger partial charge in [-0.1, -0.05) is 13.8 Å². The molecule has 0 aromatic carbocycles. The normalized spacial score (nSPS) is 10.7. The van der Waals surface area contributed by atoms with Crippen molar-refractivity contribution in [3.05, 3.63) is 39.0 Å². The van der Waals surface area contributed by atoms with E-state index in [4.69, 9.17) is 14.2 Å². The lowest BCUT2D eigenvalue weighted by atomic mass is 10.1. The Hall–Kier alpha value is -3.14. The maximum atomic E-state index is 12.5. The zero-order valence-electron chi connectivity index (χ0n) is 19.0. The first-order valence-corrected chi connectivity index (χ1v) is 11.1. The summed E-state index contributed by atoms with van der Waals surface area (Å²) >= 11 is 1.27. The van der Waals surface area contributed by atoms with Crippen LogP contribution in [0, 0.1) is 13.8 Å². The summed E-state index contributed by atoms with van der Waals surface area (Å²) in [6, 6.07) is 1.69. The van der Waals surface area contributed by atoms with Gasteiger partial charge in [-0.15, -0.1) is 11.3 Å². The number of H-pyrrole nitrogens is 1. The number of anilines is 1. The lowest BCUT2D eigenvalue weighted by Gasteiger charge is -2.08. The number of esters is 3. The van der Waals surface area contributed by atoms with Crippen LogP contribution in [0.15, 0.2) is 6.07 Å². The van der Waals surface area contributed by atoms with Crippen LogP contribution in [-0.4, -0.2) is 48.6 Å². The topological polar surface area (TPSA) is 124 Å². The van der Waals surface area contributed by atoms with Crippen molar-refractivity contribution in [2.45, 2.75) is 47.5 Å². The van der Waals surface area contributed by atoms with E-state index in [1.54, 1.807) is 33.8 Å². The standard InChI is InChI=1S/C22H28N2O7S/c1-7-29-20(26)14-9-15(11(3)4)32-19(14)24-16(25)10-31-21(27)17-12(5)18(23-13(17)6)22(28)30-8-2/h9,11,23H,7-8,10H2,1-6H3,(H,24,25). The Bertz CT molecular complexity index is 1020. The highest BCUT2D eigenvalue weighted by molar-refractivity contribution is 7.16. The fourth-order valence-electron chi connectivity index (χ4n) is 2.98. The molecule has 0 fully saturated rings. The van der Waals surface area contributed by atoms with E-state index >= 15 is 0 Å². The average molecular weight is 465 g/mol. The molecule has 2 aromatic heterocycles. The second-order valence-electron chi connectivity index (χ2n) is 7.24. The lowest BCUT2D eigenvalue weighted by Crippen LogP contribution is -2.22. The van der Waals surface area contributed by atoms with Crippen LogP contribution < -0.4 is 5.32 Å². The molecule has 0 bridgehead atoms. The van der Waals surface area contributed by atoms with Gasteiger partial charge in [0.25, 0.3) is 5.91 Å². The molecular weight excluding hydrogens is 436 g/mol. The number of thiophene rings is 1. The highest BCUT2D eigenvalue weighted by atomic mass is 32.1. The van der Waals surface area contributed by atoms with Crippen molar-refractivity contribution < 1.29 is 33.4 Å². The zero-order chi connectivity index (χ0) is 24.0. The van der Waals surface area contributed by atoms with Gasteiger partial charge < -0.3 is 24.5 Å². The Morgan fingerprint density at radius 3 is 2.22 bits per heavy atom. The molecule has 2 aromatic rings. The monoisotopic (exact) mass is 464 g/mol. The Labute approximate surface area is 190 Å². The van der Waals surface area contributed by atoms with E-state index in [9.17, 15) is 19.2 Å². The molecule has 0 aliphatic carbocycles. The van der Waals surface area contributed by atoms with Gasteiger partial charge in [0.15, 0.2) is 6.61 Å². The SMILES string of the molecule is CCOC(=O)c1cc(C(C)C)sc1NC(=O)COC(=O)c1c(C)[nH]c(C(=O)OCC)c1C. The quantitative estimate of drug-likeness (QED) is 0.425. The first-order chi connectivity index (χ1) is 15.1. The number of nitrogens with one attached hydrogen (secondary N) is 2. The Morgan fingerprint density at radius 1 is 1.00 bits per heavy atom. The van der Waals surface area contributed by atoms with E-state index < -0.39 is 30.4 Å². The minimum Gasteiger partial charge on any atom is -0.462 e. The number of aryl methyl sites for hydroxylation is 1. The molecule has 1 amide bonds. The van der Waals surface area contributed by atoms with Gasteiger partial charge in [0.1, 0.15) is 10.7 Å². The smallest absolute Gasteiger partial charge is 0.355 e. The number of amides is 1. The van der Waals surface area contributed by atoms with Crippen LogP contribution in [0.2, 0.25) is 0 Å². The first kappa shape index (κ1) is 25.1. The molecule has 2 rings (SSSR count). The molecule has 0 unspecified atom stereocenters.